The van der Waals surface area contributed by atoms with Crippen LogP contribution in [-0.4, -0.2) is 48.6 Å². The number of aliphatic hydroxyl groups excluding tert-OH is 1. The molecule has 90 valence electrons. The Hall–Kier alpha value is -0.650. The van der Waals surface area contributed by atoms with Crippen LogP contribution >= 0.6 is 0 Å². The molecule has 4 atom stereocenters. The van der Waals surface area contributed by atoms with Crippen molar-refractivity contribution in [3.05, 3.63) is 0 Å². The minimum Gasteiger partial charge on any atom is -0.388 e. The summed E-state index contributed by atoms with van der Waals surface area (Å²) in [6, 6.07) is -0.0877. The summed E-state index contributed by atoms with van der Waals surface area (Å²) in [5.41, 5.74) is 0. The van der Waals surface area contributed by atoms with Gasteiger partial charge in [-0.15, -0.1) is 0 Å². The fourth-order valence-electron chi connectivity index (χ4n) is 2.57. The quantitative estimate of drug-likeness (QED) is 0.663. The number of nitrogens with one attached hydrogen (secondary N) is 1. The van der Waals surface area contributed by atoms with E-state index in [-0.39, 0.29) is 30.1 Å². The van der Waals surface area contributed by atoms with Crippen molar-refractivity contribution in [1.82, 2.24) is 5.32 Å². The van der Waals surface area contributed by atoms with Gasteiger partial charge in [0.2, 0.25) is 5.91 Å². The van der Waals surface area contributed by atoms with E-state index in [4.69, 9.17) is 9.47 Å². The van der Waals surface area contributed by atoms with E-state index in [9.17, 15) is 9.90 Å². The van der Waals surface area contributed by atoms with E-state index in [0.717, 1.165) is 19.3 Å². The molecule has 0 aromatic heterocycles. The lowest BCUT2D eigenvalue weighted by molar-refractivity contribution is -0.128. The predicted molar refractivity (Wildman–Crippen MR) is 54.8 cm³/mol. The van der Waals surface area contributed by atoms with Gasteiger partial charge in [0.1, 0.15) is 18.3 Å². The SMILES string of the molecule is O=C(NC1COC2C(O)COC12)C1CCC1. The lowest BCUT2D eigenvalue weighted by Gasteiger charge is -2.27. The van der Waals surface area contributed by atoms with Crippen LogP contribution in [0, 0.1) is 5.92 Å². The standard InChI is InChI=1S/C11H17NO4/c13-8-5-16-9-7(4-15-10(8)9)12-11(14)6-2-1-3-6/h6-10,13H,1-5H2,(H,12,14). The summed E-state index contributed by atoms with van der Waals surface area (Å²) in [5.74, 6) is 0.302. The van der Waals surface area contributed by atoms with Crippen molar-refractivity contribution in [3.8, 4) is 0 Å². The number of carbonyl (C=O) groups is 1. The summed E-state index contributed by atoms with van der Waals surface area (Å²) in [6.07, 6.45) is 2.18. The second-order valence-corrected chi connectivity index (χ2v) is 4.91. The summed E-state index contributed by atoms with van der Waals surface area (Å²) in [4.78, 5) is 11.8. The molecule has 0 aromatic carbocycles. The van der Waals surface area contributed by atoms with Gasteiger partial charge in [0.15, 0.2) is 0 Å². The Balaban J connectivity index is 1.57. The van der Waals surface area contributed by atoms with E-state index in [1.54, 1.807) is 0 Å². The minimum absolute atomic E-state index is 0.0877. The van der Waals surface area contributed by atoms with Crippen molar-refractivity contribution in [1.29, 1.82) is 0 Å². The minimum atomic E-state index is -0.546. The average molecular weight is 227 g/mol. The highest BCUT2D eigenvalue weighted by Crippen LogP contribution is 2.29. The Kier molecular flexibility index (Phi) is 2.61. The number of fused-ring (bicyclic) bond motifs is 1. The molecule has 16 heavy (non-hydrogen) atoms. The summed E-state index contributed by atoms with van der Waals surface area (Å²) in [6.45, 7) is 0.760. The van der Waals surface area contributed by atoms with E-state index in [1.807, 2.05) is 0 Å². The lowest BCUT2D eigenvalue weighted by Crippen LogP contribution is -2.47. The molecule has 5 nitrogen and oxygen atoms in total. The van der Waals surface area contributed by atoms with Gasteiger partial charge in [0.25, 0.3) is 0 Å². The van der Waals surface area contributed by atoms with Crippen LogP contribution in [0.2, 0.25) is 0 Å². The molecule has 2 N–H and O–H groups in total. The van der Waals surface area contributed by atoms with Crippen LogP contribution in [0.1, 0.15) is 19.3 Å². The number of ether oxygens (including phenoxy) is 2. The maximum Gasteiger partial charge on any atom is 0.223 e. The van der Waals surface area contributed by atoms with Gasteiger partial charge < -0.3 is 19.9 Å². The van der Waals surface area contributed by atoms with Crippen LogP contribution < -0.4 is 5.32 Å². The molecule has 1 aliphatic carbocycles. The van der Waals surface area contributed by atoms with Crippen LogP contribution in [0.4, 0.5) is 0 Å². The Morgan fingerprint density at radius 3 is 2.62 bits per heavy atom. The van der Waals surface area contributed by atoms with Gasteiger partial charge in [-0.25, -0.2) is 0 Å². The van der Waals surface area contributed by atoms with Crippen molar-refractivity contribution in [2.24, 2.45) is 5.92 Å². The zero-order valence-electron chi connectivity index (χ0n) is 9.09. The highest BCUT2D eigenvalue weighted by molar-refractivity contribution is 5.79. The third-order valence-electron chi connectivity index (χ3n) is 3.83. The molecule has 3 aliphatic rings. The first kappa shape index (κ1) is 10.5. The first-order chi connectivity index (χ1) is 7.75. The fourth-order valence-corrected chi connectivity index (χ4v) is 2.57. The third kappa shape index (κ3) is 1.63. The number of hydrogen-bond acceptors (Lipinski definition) is 4. The Morgan fingerprint density at radius 1 is 1.19 bits per heavy atom. The molecule has 0 aromatic rings. The first-order valence-electron chi connectivity index (χ1n) is 5.97. The number of aliphatic hydroxyl groups is 1. The molecule has 2 aliphatic heterocycles. The van der Waals surface area contributed by atoms with E-state index in [2.05, 4.69) is 5.32 Å². The maximum atomic E-state index is 11.8. The molecular weight excluding hydrogens is 210 g/mol. The van der Waals surface area contributed by atoms with Gasteiger partial charge in [-0.05, 0) is 12.8 Å². The van der Waals surface area contributed by atoms with Crippen LogP contribution in [0.5, 0.6) is 0 Å². The van der Waals surface area contributed by atoms with Gasteiger partial charge in [0.05, 0.1) is 19.3 Å². The molecule has 0 spiro atoms. The highest BCUT2D eigenvalue weighted by Gasteiger charge is 2.48. The molecule has 3 fully saturated rings. The molecule has 0 bridgehead atoms. The zero-order valence-corrected chi connectivity index (χ0v) is 9.09. The van der Waals surface area contributed by atoms with E-state index < -0.39 is 6.10 Å². The van der Waals surface area contributed by atoms with Gasteiger partial charge in [-0.1, -0.05) is 6.42 Å². The molecule has 2 saturated heterocycles. The number of rotatable bonds is 2. The average Bonchev–Trinajstić information content (AvgIpc) is 2.69. The summed E-state index contributed by atoms with van der Waals surface area (Å²) in [5, 5.41) is 12.5. The second-order valence-electron chi connectivity index (χ2n) is 4.91. The Labute approximate surface area is 94.1 Å². The smallest absolute Gasteiger partial charge is 0.223 e. The highest BCUT2D eigenvalue weighted by atomic mass is 16.6. The summed E-state index contributed by atoms with van der Waals surface area (Å²) >= 11 is 0. The Bertz CT molecular complexity index is 292. The lowest BCUT2D eigenvalue weighted by atomic mass is 9.84. The van der Waals surface area contributed by atoms with E-state index in [1.165, 1.54) is 0 Å². The molecule has 1 amide bonds. The number of hydrogen-bond donors (Lipinski definition) is 2. The monoisotopic (exact) mass is 227 g/mol. The fraction of sp³-hybridized carbons (Fsp3) is 0.909. The molecular formula is C11H17NO4. The van der Waals surface area contributed by atoms with Crippen molar-refractivity contribution in [3.63, 3.8) is 0 Å². The zero-order chi connectivity index (χ0) is 11.1. The predicted octanol–water partition coefficient (Wildman–Crippen LogP) is -0.570. The largest absolute Gasteiger partial charge is 0.388 e. The van der Waals surface area contributed by atoms with Gasteiger partial charge >= 0.3 is 0 Å². The topological polar surface area (TPSA) is 67.8 Å². The first-order valence-corrected chi connectivity index (χ1v) is 5.97. The van der Waals surface area contributed by atoms with Gasteiger partial charge in [-0.2, -0.15) is 0 Å². The Morgan fingerprint density at radius 2 is 1.94 bits per heavy atom. The molecule has 4 unspecified atom stereocenters. The molecule has 3 rings (SSSR count). The van der Waals surface area contributed by atoms with Crippen molar-refractivity contribution < 1.29 is 19.4 Å². The number of amides is 1. The van der Waals surface area contributed by atoms with Crippen molar-refractivity contribution >= 4 is 5.91 Å². The molecule has 2 heterocycles. The molecule has 5 heteroatoms. The third-order valence-corrected chi connectivity index (χ3v) is 3.83. The maximum absolute atomic E-state index is 11.8. The van der Waals surface area contributed by atoms with Crippen LogP contribution in [-0.2, 0) is 14.3 Å². The van der Waals surface area contributed by atoms with Crippen LogP contribution in [0.3, 0.4) is 0 Å². The summed E-state index contributed by atoms with van der Waals surface area (Å²) < 4.78 is 10.9. The number of carbonyl (C=O) groups excluding carboxylic acids is 1. The van der Waals surface area contributed by atoms with Gasteiger partial charge in [0, 0.05) is 5.92 Å². The molecule has 1 saturated carbocycles. The normalized spacial score (nSPS) is 42.8. The van der Waals surface area contributed by atoms with E-state index >= 15 is 0 Å². The van der Waals surface area contributed by atoms with Crippen LogP contribution in [0.25, 0.3) is 0 Å². The molecule has 0 radical (unpaired) electrons. The van der Waals surface area contributed by atoms with E-state index in [0.29, 0.717) is 13.2 Å². The van der Waals surface area contributed by atoms with Crippen LogP contribution in [0.15, 0.2) is 0 Å². The van der Waals surface area contributed by atoms with Crippen molar-refractivity contribution in [2.45, 2.75) is 43.6 Å². The van der Waals surface area contributed by atoms with Crippen molar-refractivity contribution in [2.75, 3.05) is 13.2 Å². The summed E-state index contributed by atoms with van der Waals surface area (Å²) in [7, 11) is 0. The van der Waals surface area contributed by atoms with Gasteiger partial charge in [-0.3, -0.25) is 4.79 Å². The second kappa shape index (κ2) is 3.98.